The number of aryl methyl sites for hydroxylation is 1. The van der Waals surface area contributed by atoms with Crippen LogP contribution in [0.5, 0.6) is 5.75 Å². The Balaban J connectivity index is 1.97. The third kappa shape index (κ3) is 5.71. The molecule has 0 spiro atoms. The highest BCUT2D eigenvalue weighted by Gasteiger charge is 2.15. The number of rotatable bonds is 6. The summed E-state index contributed by atoms with van der Waals surface area (Å²) in [6, 6.07) is 13.7. The smallest absolute Gasteiger partial charge is 0.280 e. The van der Waals surface area contributed by atoms with Gasteiger partial charge in [-0.1, -0.05) is 54.0 Å². The minimum Gasteiger partial charge on any atom is -0.481 e. The lowest BCUT2D eigenvalue weighted by Crippen LogP contribution is -2.33. The van der Waals surface area contributed by atoms with Gasteiger partial charge in [-0.3, -0.25) is 4.79 Å². The zero-order valence-electron chi connectivity index (χ0n) is 14.9. The predicted molar refractivity (Wildman–Crippen MR) is 105 cm³/mol. The highest BCUT2D eigenvalue weighted by Crippen LogP contribution is 2.25. The molecule has 2 aromatic carbocycles. The minimum atomic E-state index is -0.638. The van der Waals surface area contributed by atoms with Crippen LogP contribution >= 0.6 is 15.9 Å². The summed E-state index contributed by atoms with van der Waals surface area (Å²) in [5.41, 5.74) is 5.59. The summed E-state index contributed by atoms with van der Waals surface area (Å²) in [4.78, 5) is 12.2. The quantitative estimate of drug-likeness (QED) is 0.557. The Morgan fingerprint density at radius 3 is 2.64 bits per heavy atom. The number of carbonyl (C=O) groups is 1. The van der Waals surface area contributed by atoms with E-state index < -0.39 is 6.10 Å². The van der Waals surface area contributed by atoms with Gasteiger partial charge in [-0.25, -0.2) is 5.43 Å². The van der Waals surface area contributed by atoms with Crippen LogP contribution < -0.4 is 10.2 Å². The molecule has 5 heteroatoms. The molecule has 0 bridgehead atoms. The number of hydrogen-bond donors (Lipinski definition) is 1. The molecule has 0 fully saturated rings. The lowest BCUT2D eigenvalue weighted by molar-refractivity contribution is -0.127. The van der Waals surface area contributed by atoms with E-state index in [-0.39, 0.29) is 5.91 Å². The number of nitrogens with one attached hydrogen (secondary N) is 1. The van der Waals surface area contributed by atoms with E-state index in [9.17, 15) is 4.79 Å². The third-order valence-electron chi connectivity index (χ3n) is 3.79. The van der Waals surface area contributed by atoms with Crippen LogP contribution in [-0.2, 0) is 4.79 Å². The van der Waals surface area contributed by atoms with E-state index in [1.807, 2.05) is 43.3 Å². The number of nitrogens with zero attached hydrogens (tertiary/aromatic N) is 1. The molecular weight excluding hydrogens is 380 g/mol. The van der Waals surface area contributed by atoms with Gasteiger partial charge >= 0.3 is 0 Å². The molecule has 4 nitrogen and oxygen atoms in total. The number of hydrogen-bond acceptors (Lipinski definition) is 3. The van der Waals surface area contributed by atoms with Crippen molar-refractivity contribution in [2.45, 2.75) is 39.7 Å². The van der Waals surface area contributed by atoms with E-state index >= 15 is 0 Å². The van der Waals surface area contributed by atoms with E-state index in [0.29, 0.717) is 5.92 Å². The highest BCUT2D eigenvalue weighted by atomic mass is 79.9. The normalized spacial score (nSPS) is 12.4. The van der Waals surface area contributed by atoms with E-state index in [1.54, 1.807) is 13.1 Å². The molecular formula is C20H23BrN2O2. The summed E-state index contributed by atoms with van der Waals surface area (Å²) in [7, 11) is 0. The Labute approximate surface area is 157 Å². The molecule has 1 amide bonds. The topological polar surface area (TPSA) is 50.7 Å². The van der Waals surface area contributed by atoms with Crippen LogP contribution in [0.4, 0.5) is 0 Å². The Kier molecular flexibility index (Phi) is 6.76. The van der Waals surface area contributed by atoms with Crippen LogP contribution in [0.1, 0.15) is 43.4 Å². The van der Waals surface area contributed by atoms with Crippen molar-refractivity contribution in [2.24, 2.45) is 5.10 Å². The Morgan fingerprint density at radius 2 is 1.96 bits per heavy atom. The van der Waals surface area contributed by atoms with E-state index in [1.165, 1.54) is 5.56 Å². The third-order valence-corrected chi connectivity index (χ3v) is 4.28. The number of ether oxygens (including phenoxy) is 1. The second kappa shape index (κ2) is 8.81. The number of halogens is 1. The first-order valence-electron chi connectivity index (χ1n) is 8.22. The molecule has 0 radical (unpaired) electrons. The molecule has 2 aromatic rings. The Bertz CT molecular complexity index is 772. The maximum absolute atomic E-state index is 12.2. The summed E-state index contributed by atoms with van der Waals surface area (Å²) in [6.07, 6.45) is 0.959. The fourth-order valence-electron chi connectivity index (χ4n) is 2.19. The Hall–Kier alpha value is -2.14. The van der Waals surface area contributed by atoms with E-state index in [2.05, 4.69) is 46.4 Å². The van der Waals surface area contributed by atoms with Crippen molar-refractivity contribution < 1.29 is 9.53 Å². The van der Waals surface area contributed by atoms with Gasteiger partial charge < -0.3 is 4.74 Å². The van der Waals surface area contributed by atoms with Gasteiger partial charge in [-0.2, -0.15) is 5.10 Å². The van der Waals surface area contributed by atoms with Gasteiger partial charge in [-0.15, -0.1) is 0 Å². The molecule has 0 aliphatic heterocycles. The molecule has 0 aromatic heterocycles. The van der Waals surface area contributed by atoms with Crippen LogP contribution in [0.25, 0.3) is 0 Å². The Morgan fingerprint density at radius 1 is 1.20 bits per heavy atom. The number of benzene rings is 2. The van der Waals surface area contributed by atoms with Gasteiger partial charge in [-0.05, 0) is 54.7 Å². The summed E-state index contributed by atoms with van der Waals surface area (Å²) < 4.78 is 6.78. The van der Waals surface area contributed by atoms with Crippen molar-refractivity contribution in [1.29, 1.82) is 0 Å². The van der Waals surface area contributed by atoms with Gasteiger partial charge in [0.1, 0.15) is 5.75 Å². The van der Waals surface area contributed by atoms with Crippen molar-refractivity contribution in [2.75, 3.05) is 0 Å². The second-order valence-corrected chi connectivity index (χ2v) is 7.14. The average molecular weight is 403 g/mol. The number of amides is 1. The number of carbonyl (C=O) groups excluding carboxylic acids is 1. The maximum atomic E-state index is 12.2. The van der Waals surface area contributed by atoms with Crippen molar-refractivity contribution in [1.82, 2.24) is 5.43 Å². The fourth-order valence-corrected chi connectivity index (χ4v) is 2.61. The maximum Gasteiger partial charge on any atom is 0.280 e. The lowest BCUT2D eigenvalue weighted by atomic mass is 10.0. The second-order valence-electron chi connectivity index (χ2n) is 6.23. The molecule has 25 heavy (non-hydrogen) atoms. The first kappa shape index (κ1) is 19.2. The van der Waals surface area contributed by atoms with Crippen molar-refractivity contribution in [3.8, 4) is 5.75 Å². The first-order valence-corrected chi connectivity index (χ1v) is 9.02. The van der Waals surface area contributed by atoms with Crippen LogP contribution in [0.2, 0.25) is 0 Å². The van der Waals surface area contributed by atoms with Crippen molar-refractivity contribution >= 4 is 28.1 Å². The first-order chi connectivity index (χ1) is 11.9. The van der Waals surface area contributed by atoms with E-state index in [4.69, 9.17) is 4.74 Å². The zero-order chi connectivity index (χ0) is 18.4. The van der Waals surface area contributed by atoms with Crippen molar-refractivity contribution in [3.05, 3.63) is 63.6 Å². The van der Waals surface area contributed by atoms with Crippen LogP contribution in [0.3, 0.4) is 0 Å². The van der Waals surface area contributed by atoms with Gasteiger partial charge in [0.05, 0.1) is 6.21 Å². The molecule has 2 rings (SSSR count). The molecule has 1 atom stereocenters. The molecule has 0 heterocycles. The predicted octanol–water partition coefficient (Wildman–Crippen LogP) is 4.80. The van der Waals surface area contributed by atoms with Gasteiger partial charge in [0.2, 0.25) is 0 Å². The standard InChI is InChI=1S/C20H23BrN2O2/c1-13(2)17-9-8-14(3)19(11-17)25-15(4)20(24)23-22-12-16-6-5-7-18(21)10-16/h5-13,15H,1-4H3,(H,23,24). The van der Waals surface area contributed by atoms with Gasteiger partial charge in [0.25, 0.3) is 5.91 Å². The molecule has 0 aliphatic carbocycles. The van der Waals surface area contributed by atoms with Gasteiger partial charge in [0.15, 0.2) is 6.10 Å². The summed E-state index contributed by atoms with van der Waals surface area (Å²) in [5.74, 6) is 0.840. The number of hydrazone groups is 1. The van der Waals surface area contributed by atoms with Crippen LogP contribution in [0, 0.1) is 6.92 Å². The highest BCUT2D eigenvalue weighted by molar-refractivity contribution is 9.10. The largest absolute Gasteiger partial charge is 0.481 e. The monoisotopic (exact) mass is 402 g/mol. The fraction of sp³-hybridized carbons (Fsp3) is 0.300. The van der Waals surface area contributed by atoms with Gasteiger partial charge in [0, 0.05) is 4.47 Å². The van der Waals surface area contributed by atoms with Crippen LogP contribution in [0.15, 0.2) is 52.0 Å². The minimum absolute atomic E-state index is 0.291. The SMILES string of the molecule is Cc1ccc(C(C)C)cc1OC(C)C(=O)NN=Cc1cccc(Br)c1. The van der Waals surface area contributed by atoms with Crippen LogP contribution in [-0.4, -0.2) is 18.2 Å². The summed E-state index contributed by atoms with van der Waals surface area (Å²) in [6.45, 7) is 7.93. The molecule has 1 unspecified atom stereocenters. The average Bonchev–Trinajstić information content (AvgIpc) is 2.56. The molecule has 0 saturated carbocycles. The zero-order valence-corrected chi connectivity index (χ0v) is 16.5. The summed E-state index contributed by atoms with van der Waals surface area (Å²) in [5, 5.41) is 3.99. The molecule has 0 aliphatic rings. The molecule has 0 saturated heterocycles. The lowest BCUT2D eigenvalue weighted by Gasteiger charge is -2.16. The molecule has 1 N–H and O–H groups in total. The molecule has 132 valence electrons. The summed E-state index contributed by atoms with van der Waals surface area (Å²) >= 11 is 3.40. The van der Waals surface area contributed by atoms with E-state index in [0.717, 1.165) is 21.3 Å². The van der Waals surface area contributed by atoms with Crippen molar-refractivity contribution in [3.63, 3.8) is 0 Å².